The van der Waals surface area contributed by atoms with Crippen molar-refractivity contribution >= 4 is 23.1 Å². The summed E-state index contributed by atoms with van der Waals surface area (Å²) in [5, 5.41) is 15.2. The third kappa shape index (κ3) is 71.8. The van der Waals surface area contributed by atoms with E-state index in [0.29, 0.717) is 0 Å². The highest BCUT2D eigenvalue weighted by atomic mass is 24.3. The summed E-state index contributed by atoms with van der Waals surface area (Å²) >= 11 is 0. The third-order valence-electron chi connectivity index (χ3n) is 0. The van der Waals surface area contributed by atoms with E-state index in [-0.39, 0.29) is 23.1 Å². The zero-order chi connectivity index (χ0) is 3.58. The molecule has 0 bridgehead atoms. The number of hydrogen-bond donors (Lipinski definition) is 2. The molecule has 0 amide bonds. The minimum absolute atomic E-state index is 0. The molecule has 0 aromatic carbocycles. The summed E-state index contributed by atoms with van der Waals surface area (Å²) in [6.07, 6.45) is -1.17. The molecule has 0 heterocycles. The maximum atomic E-state index is 7.61. The maximum Gasteiger partial charge on any atom is 0.316 e. The van der Waals surface area contributed by atoms with E-state index in [0.717, 1.165) is 0 Å². The second-order valence-electron chi connectivity index (χ2n) is 0.632. The quantitative estimate of drug-likeness (QED) is 0.277. The second kappa shape index (κ2) is 4.69. The van der Waals surface area contributed by atoms with E-state index >= 15 is 0 Å². The molecule has 2 nitrogen and oxygen atoms in total. The lowest BCUT2D eigenvalue weighted by atomic mass is 10.8. The van der Waals surface area contributed by atoms with E-state index in [1.54, 1.807) is 0 Å². The van der Waals surface area contributed by atoms with Crippen LogP contribution in [0.5, 0.6) is 0 Å². The first-order valence-corrected chi connectivity index (χ1v) is 1.09. The molecule has 0 fully saturated rings. The van der Waals surface area contributed by atoms with E-state index in [2.05, 4.69) is 0 Å². The molecular formula is C2H8MgO2. The lowest BCUT2D eigenvalue weighted by Crippen LogP contribution is -1.92. The van der Waals surface area contributed by atoms with Gasteiger partial charge < -0.3 is 10.2 Å². The van der Waals surface area contributed by atoms with Gasteiger partial charge in [-0.3, -0.25) is 0 Å². The van der Waals surface area contributed by atoms with E-state index < -0.39 is 6.29 Å². The van der Waals surface area contributed by atoms with E-state index in [1.165, 1.54) is 6.92 Å². The fraction of sp³-hybridized carbons (Fsp3) is 1.00. The molecule has 0 radical (unpaired) electrons. The van der Waals surface area contributed by atoms with Crippen LogP contribution in [0, 0.1) is 0 Å². The average Bonchev–Trinajstić information content (AvgIpc) is 0.811. The summed E-state index contributed by atoms with van der Waals surface area (Å²) in [4.78, 5) is 0. The zero-order valence-electron chi connectivity index (χ0n) is 2.47. The van der Waals surface area contributed by atoms with Crippen molar-refractivity contribution in [2.75, 3.05) is 0 Å². The third-order valence-corrected chi connectivity index (χ3v) is 0. The standard InChI is InChI=1S/C2H6O2.Mg.2H/c1-2(3)4;;;/h2-4H,1H3;;;. The van der Waals surface area contributed by atoms with Crippen LogP contribution in [0.3, 0.4) is 0 Å². The van der Waals surface area contributed by atoms with Gasteiger partial charge in [-0.05, 0) is 6.92 Å². The van der Waals surface area contributed by atoms with Crippen molar-refractivity contribution in [2.24, 2.45) is 0 Å². The van der Waals surface area contributed by atoms with Gasteiger partial charge in [-0.15, -0.1) is 0 Å². The Morgan fingerprint density at radius 1 is 1.40 bits per heavy atom. The molecule has 2 N–H and O–H groups in total. The first-order chi connectivity index (χ1) is 1.73. The van der Waals surface area contributed by atoms with Crippen LogP contribution in [0.2, 0.25) is 0 Å². The molecule has 0 saturated carbocycles. The van der Waals surface area contributed by atoms with Crippen molar-refractivity contribution < 1.29 is 10.2 Å². The summed E-state index contributed by atoms with van der Waals surface area (Å²) in [6.45, 7) is 1.28. The van der Waals surface area contributed by atoms with Crippen LogP contribution in [0.25, 0.3) is 0 Å². The van der Waals surface area contributed by atoms with E-state index in [4.69, 9.17) is 10.2 Å². The van der Waals surface area contributed by atoms with Crippen molar-refractivity contribution in [3.8, 4) is 0 Å². The molecule has 30 valence electrons. The molecule has 0 rings (SSSR count). The van der Waals surface area contributed by atoms with Gasteiger partial charge in [0.2, 0.25) is 0 Å². The van der Waals surface area contributed by atoms with Crippen LogP contribution in [-0.4, -0.2) is 39.6 Å². The van der Waals surface area contributed by atoms with Gasteiger partial charge in [0.25, 0.3) is 0 Å². The number of hydrogen-bond acceptors (Lipinski definition) is 2. The molecule has 0 atom stereocenters. The fourth-order valence-electron chi connectivity index (χ4n) is 0. The van der Waals surface area contributed by atoms with Crippen molar-refractivity contribution in [3.63, 3.8) is 0 Å². The van der Waals surface area contributed by atoms with Gasteiger partial charge in [-0.2, -0.15) is 0 Å². The molecule has 0 saturated heterocycles. The van der Waals surface area contributed by atoms with Gasteiger partial charge in [-0.25, -0.2) is 0 Å². The number of rotatable bonds is 0. The molecule has 0 unspecified atom stereocenters. The SMILES string of the molecule is CC(O)O.[MgH2]. The summed E-state index contributed by atoms with van der Waals surface area (Å²) in [5.41, 5.74) is 0. The van der Waals surface area contributed by atoms with Crippen molar-refractivity contribution in [2.45, 2.75) is 13.2 Å². The highest BCUT2D eigenvalue weighted by Crippen LogP contribution is 1.57. The average molecular weight is 88.4 g/mol. The molecule has 0 aliphatic heterocycles. The normalized spacial score (nSPS) is 7.20. The highest BCUT2D eigenvalue weighted by Gasteiger charge is 1.70. The van der Waals surface area contributed by atoms with Gasteiger partial charge >= 0.3 is 23.1 Å². The lowest BCUT2D eigenvalue weighted by molar-refractivity contribution is -0.0228. The summed E-state index contributed by atoms with van der Waals surface area (Å²) in [6, 6.07) is 0. The first kappa shape index (κ1) is 9.19. The highest BCUT2D eigenvalue weighted by molar-refractivity contribution is 5.75. The van der Waals surface area contributed by atoms with Crippen LogP contribution >= 0.6 is 0 Å². The smallest absolute Gasteiger partial charge is 0.316 e. The molecular weight excluding hydrogens is 80.3 g/mol. The second-order valence-corrected chi connectivity index (χ2v) is 0.632. The molecule has 0 aliphatic carbocycles. The monoisotopic (exact) mass is 88.0 g/mol. The Hall–Kier alpha value is 0.686. The molecule has 3 heteroatoms. The van der Waals surface area contributed by atoms with Crippen LogP contribution in [-0.2, 0) is 0 Å². The lowest BCUT2D eigenvalue weighted by Gasteiger charge is -1.80. The number of aliphatic hydroxyl groups is 2. The van der Waals surface area contributed by atoms with Crippen LogP contribution in [0.4, 0.5) is 0 Å². The van der Waals surface area contributed by atoms with Crippen LogP contribution < -0.4 is 0 Å². The first-order valence-electron chi connectivity index (χ1n) is 1.09. The fourth-order valence-corrected chi connectivity index (χ4v) is 0. The van der Waals surface area contributed by atoms with Gasteiger partial charge in [0.15, 0.2) is 0 Å². The summed E-state index contributed by atoms with van der Waals surface area (Å²) in [7, 11) is 0. The topological polar surface area (TPSA) is 40.5 Å². The molecule has 0 aliphatic rings. The molecule has 0 aromatic heterocycles. The Labute approximate surface area is 47.0 Å². The predicted octanol–water partition coefficient (Wildman–Crippen LogP) is -1.60. The maximum absolute atomic E-state index is 7.61. The largest absolute Gasteiger partial charge is 0.368 e. The van der Waals surface area contributed by atoms with Crippen molar-refractivity contribution in [3.05, 3.63) is 0 Å². The Balaban J connectivity index is 0. The van der Waals surface area contributed by atoms with Gasteiger partial charge in [0.1, 0.15) is 6.29 Å². The summed E-state index contributed by atoms with van der Waals surface area (Å²) < 4.78 is 0. The van der Waals surface area contributed by atoms with Crippen molar-refractivity contribution in [1.29, 1.82) is 0 Å². The van der Waals surface area contributed by atoms with Crippen molar-refractivity contribution in [1.82, 2.24) is 0 Å². The Kier molecular flexibility index (Phi) is 8.61. The van der Waals surface area contributed by atoms with E-state index in [9.17, 15) is 0 Å². The Morgan fingerprint density at radius 3 is 1.40 bits per heavy atom. The minimum Gasteiger partial charge on any atom is -0.368 e. The minimum atomic E-state index is -1.17. The number of aliphatic hydroxyl groups excluding tert-OH is 1. The molecule has 0 spiro atoms. The van der Waals surface area contributed by atoms with E-state index in [1.807, 2.05) is 0 Å². The molecule has 5 heavy (non-hydrogen) atoms. The van der Waals surface area contributed by atoms with Gasteiger partial charge in [-0.1, -0.05) is 0 Å². The predicted molar refractivity (Wildman–Crippen MR) is 22.4 cm³/mol. The van der Waals surface area contributed by atoms with Crippen LogP contribution in [0.15, 0.2) is 0 Å². The Morgan fingerprint density at radius 2 is 1.40 bits per heavy atom. The molecule has 0 aromatic rings. The zero-order valence-corrected chi connectivity index (χ0v) is 2.47. The van der Waals surface area contributed by atoms with Gasteiger partial charge in [0, 0.05) is 0 Å². The van der Waals surface area contributed by atoms with Gasteiger partial charge in [0.05, 0.1) is 0 Å². The van der Waals surface area contributed by atoms with Crippen LogP contribution in [0.1, 0.15) is 6.92 Å². The summed E-state index contributed by atoms with van der Waals surface area (Å²) in [5.74, 6) is 0. The Bertz CT molecular complexity index is 12.4.